The molecule has 114 valence electrons. The number of anilines is 2. The lowest BCUT2D eigenvalue weighted by Gasteiger charge is -2.44. The molecule has 3 fully saturated rings. The molecule has 0 amide bonds. The summed E-state index contributed by atoms with van der Waals surface area (Å²) in [6.45, 7) is 1.13. The van der Waals surface area contributed by atoms with E-state index in [-0.39, 0.29) is 0 Å². The fourth-order valence-electron chi connectivity index (χ4n) is 4.11. The molecule has 0 aromatic carbocycles. The largest absolute Gasteiger partial charge is 0.353 e. The Hall–Kier alpha value is -1.36. The van der Waals surface area contributed by atoms with E-state index in [9.17, 15) is 0 Å². The first-order chi connectivity index (χ1) is 10.3. The van der Waals surface area contributed by atoms with Crippen LogP contribution in [-0.2, 0) is 0 Å². The zero-order chi connectivity index (χ0) is 14.2. The van der Waals surface area contributed by atoms with Crippen LogP contribution in [0.4, 0.5) is 11.6 Å². The Morgan fingerprint density at radius 1 is 1.05 bits per heavy atom. The van der Waals surface area contributed by atoms with E-state index in [0.717, 1.165) is 29.9 Å². The van der Waals surface area contributed by atoms with Crippen LogP contribution >= 0.6 is 0 Å². The minimum atomic E-state index is 0.559. The first-order valence-corrected chi connectivity index (χ1v) is 8.47. The monoisotopic (exact) mass is 287 g/mol. The van der Waals surface area contributed by atoms with Crippen molar-refractivity contribution in [1.82, 2.24) is 9.97 Å². The summed E-state index contributed by atoms with van der Waals surface area (Å²) in [7, 11) is 0. The lowest BCUT2D eigenvalue weighted by Crippen LogP contribution is -2.47. The average Bonchev–Trinajstić information content (AvgIpc) is 3.39. The van der Waals surface area contributed by atoms with Gasteiger partial charge in [-0.1, -0.05) is 12.8 Å². The van der Waals surface area contributed by atoms with Crippen LogP contribution < -0.4 is 16.2 Å². The minimum Gasteiger partial charge on any atom is -0.353 e. The number of rotatable bonds is 3. The van der Waals surface area contributed by atoms with Crippen molar-refractivity contribution in [2.45, 2.75) is 63.3 Å². The molecule has 1 aromatic heterocycles. The minimum absolute atomic E-state index is 0.559. The van der Waals surface area contributed by atoms with Gasteiger partial charge in [0.1, 0.15) is 17.5 Å². The quantitative estimate of drug-likeness (QED) is 0.661. The van der Waals surface area contributed by atoms with Gasteiger partial charge in [-0.05, 0) is 44.4 Å². The number of nitrogens with zero attached hydrogens (tertiary/aromatic N) is 3. The smallest absolute Gasteiger partial charge is 0.145 e. The number of hydrogen-bond donors (Lipinski definition) is 2. The Labute approximate surface area is 126 Å². The number of nitrogens with one attached hydrogen (secondary N) is 1. The van der Waals surface area contributed by atoms with Crippen molar-refractivity contribution in [1.29, 1.82) is 0 Å². The van der Waals surface area contributed by atoms with Gasteiger partial charge in [-0.3, -0.25) is 0 Å². The second kappa shape index (κ2) is 5.44. The SMILES string of the molecule is NNc1cc(N2CCC[C@H]3CCCC[C@H]32)nc(C2CC2)n1. The highest BCUT2D eigenvalue weighted by atomic mass is 15.3. The fraction of sp³-hybridized carbons (Fsp3) is 0.750. The van der Waals surface area contributed by atoms with Crippen LogP contribution in [0.25, 0.3) is 0 Å². The third-order valence-electron chi connectivity index (χ3n) is 5.36. The maximum absolute atomic E-state index is 5.61. The van der Waals surface area contributed by atoms with E-state index in [4.69, 9.17) is 10.8 Å². The second-order valence-corrected chi connectivity index (χ2v) is 6.84. The van der Waals surface area contributed by atoms with Gasteiger partial charge in [-0.2, -0.15) is 0 Å². The van der Waals surface area contributed by atoms with E-state index >= 15 is 0 Å². The highest BCUT2D eigenvalue weighted by Gasteiger charge is 2.35. The molecule has 5 heteroatoms. The lowest BCUT2D eigenvalue weighted by molar-refractivity contribution is 0.242. The van der Waals surface area contributed by atoms with E-state index in [0.29, 0.717) is 12.0 Å². The van der Waals surface area contributed by atoms with Crippen molar-refractivity contribution in [2.75, 3.05) is 16.9 Å². The van der Waals surface area contributed by atoms with Gasteiger partial charge in [0.05, 0.1) is 0 Å². The third-order valence-corrected chi connectivity index (χ3v) is 5.36. The summed E-state index contributed by atoms with van der Waals surface area (Å²) in [5, 5.41) is 0. The Kier molecular flexibility index (Phi) is 3.45. The number of nitrogen functional groups attached to an aromatic ring is 1. The van der Waals surface area contributed by atoms with Gasteiger partial charge in [0, 0.05) is 24.6 Å². The molecule has 1 saturated heterocycles. The van der Waals surface area contributed by atoms with E-state index in [2.05, 4.69) is 15.3 Å². The molecule has 5 nitrogen and oxygen atoms in total. The molecule has 1 aromatic rings. The zero-order valence-electron chi connectivity index (χ0n) is 12.6. The number of aromatic nitrogens is 2. The Morgan fingerprint density at radius 2 is 1.86 bits per heavy atom. The van der Waals surface area contributed by atoms with Crippen molar-refractivity contribution >= 4 is 11.6 Å². The summed E-state index contributed by atoms with van der Waals surface area (Å²) < 4.78 is 0. The van der Waals surface area contributed by atoms with Gasteiger partial charge in [0.25, 0.3) is 0 Å². The van der Waals surface area contributed by atoms with Gasteiger partial charge < -0.3 is 10.3 Å². The zero-order valence-corrected chi connectivity index (χ0v) is 12.6. The third kappa shape index (κ3) is 2.59. The first kappa shape index (κ1) is 13.3. The molecule has 1 aliphatic heterocycles. The summed E-state index contributed by atoms with van der Waals surface area (Å²) in [6.07, 6.45) is 10.6. The van der Waals surface area contributed by atoms with Gasteiger partial charge in [0.2, 0.25) is 0 Å². The van der Waals surface area contributed by atoms with Crippen molar-refractivity contribution < 1.29 is 0 Å². The van der Waals surface area contributed by atoms with Gasteiger partial charge >= 0.3 is 0 Å². The normalized spacial score (nSPS) is 29.1. The molecule has 2 heterocycles. The summed E-state index contributed by atoms with van der Waals surface area (Å²) in [5.41, 5.74) is 2.72. The molecule has 2 atom stereocenters. The Morgan fingerprint density at radius 3 is 2.67 bits per heavy atom. The van der Waals surface area contributed by atoms with E-state index in [1.165, 1.54) is 51.4 Å². The van der Waals surface area contributed by atoms with Crippen LogP contribution in [0.15, 0.2) is 6.07 Å². The molecule has 2 saturated carbocycles. The average molecular weight is 287 g/mol. The summed E-state index contributed by atoms with van der Waals surface area (Å²) in [6, 6.07) is 2.71. The highest BCUT2D eigenvalue weighted by molar-refractivity contribution is 5.50. The standard InChI is InChI=1S/C16H25N5/c17-20-14-10-15(19-16(18-14)12-7-8-12)21-9-3-5-11-4-1-2-6-13(11)21/h10-13H,1-9,17H2,(H,18,19,20)/t11-,13-/m1/s1. The Balaban J connectivity index is 1.65. The molecule has 21 heavy (non-hydrogen) atoms. The number of hydrazine groups is 1. The molecular formula is C16H25N5. The second-order valence-electron chi connectivity index (χ2n) is 6.84. The van der Waals surface area contributed by atoms with Crippen LogP contribution in [0.3, 0.4) is 0 Å². The molecule has 0 radical (unpaired) electrons. The van der Waals surface area contributed by atoms with Crippen molar-refractivity contribution in [3.8, 4) is 0 Å². The predicted molar refractivity (Wildman–Crippen MR) is 84.1 cm³/mol. The molecule has 0 spiro atoms. The number of hydrogen-bond acceptors (Lipinski definition) is 5. The fourth-order valence-corrected chi connectivity index (χ4v) is 4.11. The summed E-state index contributed by atoms with van der Waals surface area (Å²) >= 11 is 0. The van der Waals surface area contributed by atoms with Gasteiger partial charge in [0.15, 0.2) is 0 Å². The molecular weight excluding hydrogens is 262 g/mol. The van der Waals surface area contributed by atoms with Crippen LogP contribution in [0, 0.1) is 5.92 Å². The van der Waals surface area contributed by atoms with Gasteiger partial charge in [-0.25, -0.2) is 15.8 Å². The summed E-state index contributed by atoms with van der Waals surface area (Å²) in [5.74, 6) is 9.87. The lowest BCUT2D eigenvalue weighted by atomic mass is 9.78. The molecule has 2 aliphatic carbocycles. The van der Waals surface area contributed by atoms with E-state index in [1.807, 2.05) is 6.07 Å². The van der Waals surface area contributed by atoms with Crippen LogP contribution in [0.1, 0.15) is 63.1 Å². The maximum atomic E-state index is 5.61. The van der Waals surface area contributed by atoms with Crippen LogP contribution in [-0.4, -0.2) is 22.6 Å². The van der Waals surface area contributed by atoms with Crippen molar-refractivity contribution in [2.24, 2.45) is 11.8 Å². The molecule has 0 bridgehead atoms. The van der Waals surface area contributed by atoms with E-state index in [1.54, 1.807) is 0 Å². The molecule has 4 rings (SSSR count). The first-order valence-electron chi connectivity index (χ1n) is 8.47. The van der Waals surface area contributed by atoms with Crippen molar-refractivity contribution in [3.05, 3.63) is 11.9 Å². The maximum Gasteiger partial charge on any atom is 0.145 e. The summed E-state index contributed by atoms with van der Waals surface area (Å²) in [4.78, 5) is 12.0. The molecule has 0 unspecified atom stereocenters. The number of nitrogens with two attached hydrogens (primary N) is 1. The number of piperidine rings is 1. The topological polar surface area (TPSA) is 67.1 Å². The predicted octanol–water partition coefficient (Wildman–Crippen LogP) is 2.80. The van der Waals surface area contributed by atoms with Crippen LogP contribution in [0.2, 0.25) is 0 Å². The molecule has 3 N–H and O–H groups in total. The van der Waals surface area contributed by atoms with Crippen molar-refractivity contribution in [3.63, 3.8) is 0 Å². The highest BCUT2D eigenvalue weighted by Crippen LogP contribution is 2.41. The molecule has 3 aliphatic rings. The van der Waals surface area contributed by atoms with Gasteiger partial charge in [-0.15, -0.1) is 0 Å². The Bertz CT molecular complexity index is 511. The number of fused-ring (bicyclic) bond motifs is 1. The van der Waals surface area contributed by atoms with Crippen LogP contribution in [0.5, 0.6) is 0 Å². The van der Waals surface area contributed by atoms with E-state index < -0.39 is 0 Å².